The summed E-state index contributed by atoms with van der Waals surface area (Å²) >= 11 is 0. The van der Waals surface area contributed by atoms with E-state index in [1.54, 1.807) is 0 Å². The first-order chi connectivity index (χ1) is 12.1. The highest BCUT2D eigenvalue weighted by molar-refractivity contribution is 5.96. The number of benzene rings is 1. The van der Waals surface area contributed by atoms with Crippen LogP contribution in [-0.2, 0) is 0 Å². The highest BCUT2D eigenvalue weighted by Gasteiger charge is 2.40. The van der Waals surface area contributed by atoms with Gasteiger partial charge in [0.25, 0.3) is 5.91 Å². The van der Waals surface area contributed by atoms with E-state index in [1.807, 2.05) is 31.2 Å². The zero-order chi connectivity index (χ0) is 17.7. The van der Waals surface area contributed by atoms with Gasteiger partial charge in [0.05, 0.1) is 12.2 Å². The number of piperazine rings is 1. The summed E-state index contributed by atoms with van der Waals surface area (Å²) in [5, 5.41) is 3.21. The van der Waals surface area contributed by atoms with Gasteiger partial charge < -0.3 is 15.0 Å². The van der Waals surface area contributed by atoms with E-state index < -0.39 is 0 Å². The summed E-state index contributed by atoms with van der Waals surface area (Å²) < 4.78 is 5.61. The first kappa shape index (κ1) is 18.2. The van der Waals surface area contributed by atoms with Gasteiger partial charge in [0.1, 0.15) is 5.75 Å². The molecular weight excluding hydrogens is 314 g/mol. The predicted octanol–water partition coefficient (Wildman–Crippen LogP) is 2.38. The number of amides is 1. The first-order valence-corrected chi connectivity index (χ1v) is 9.58. The van der Waals surface area contributed by atoms with Crippen LogP contribution in [0.25, 0.3) is 0 Å². The van der Waals surface area contributed by atoms with E-state index in [0.717, 1.165) is 32.7 Å². The van der Waals surface area contributed by atoms with Gasteiger partial charge in [-0.05, 0) is 38.9 Å². The van der Waals surface area contributed by atoms with Crippen molar-refractivity contribution in [2.24, 2.45) is 0 Å². The molecule has 5 heteroatoms. The van der Waals surface area contributed by atoms with Crippen LogP contribution in [0.1, 0.15) is 43.0 Å². The van der Waals surface area contributed by atoms with Gasteiger partial charge in [0.2, 0.25) is 0 Å². The smallest absolute Gasteiger partial charge is 0.255 e. The summed E-state index contributed by atoms with van der Waals surface area (Å²) in [6.45, 7) is 7.66. The molecule has 1 aliphatic carbocycles. The third-order valence-electron chi connectivity index (χ3n) is 5.72. The van der Waals surface area contributed by atoms with Crippen LogP contribution >= 0.6 is 0 Å². The molecule has 25 heavy (non-hydrogen) atoms. The first-order valence-electron chi connectivity index (χ1n) is 9.58. The van der Waals surface area contributed by atoms with Gasteiger partial charge in [-0.1, -0.05) is 25.0 Å². The Kier molecular flexibility index (Phi) is 5.97. The van der Waals surface area contributed by atoms with Crippen molar-refractivity contribution in [1.82, 2.24) is 15.1 Å². The van der Waals surface area contributed by atoms with Gasteiger partial charge in [-0.25, -0.2) is 0 Å². The number of likely N-dealkylation sites (N-methyl/N-ethyl adjacent to an activating group) is 1. The molecule has 2 fully saturated rings. The Labute approximate surface area is 151 Å². The average Bonchev–Trinajstić information content (AvgIpc) is 3.11. The van der Waals surface area contributed by atoms with Crippen LogP contribution in [0.5, 0.6) is 5.75 Å². The lowest BCUT2D eigenvalue weighted by Gasteiger charge is -2.45. The van der Waals surface area contributed by atoms with Crippen LogP contribution in [0.2, 0.25) is 0 Å². The van der Waals surface area contributed by atoms with Crippen molar-refractivity contribution in [3.63, 3.8) is 0 Å². The molecule has 1 heterocycles. The van der Waals surface area contributed by atoms with Gasteiger partial charge in [-0.15, -0.1) is 0 Å². The van der Waals surface area contributed by atoms with Gasteiger partial charge in [0, 0.05) is 38.3 Å². The van der Waals surface area contributed by atoms with E-state index in [9.17, 15) is 4.79 Å². The van der Waals surface area contributed by atoms with E-state index in [4.69, 9.17) is 4.74 Å². The number of nitrogens with zero attached hydrogens (tertiary/aromatic N) is 2. The number of nitrogens with one attached hydrogen (secondary N) is 1. The molecule has 1 aromatic rings. The summed E-state index contributed by atoms with van der Waals surface area (Å²) in [4.78, 5) is 17.8. The number of carbonyl (C=O) groups excluding carboxylic acids is 1. The molecule has 1 aromatic carbocycles. The maximum absolute atomic E-state index is 12.8. The maximum Gasteiger partial charge on any atom is 0.255 e. The second-order valence-corrected chi connectivity index (χ2v) is 7.33. The minimum Gasteiger partial charge on any atom is -0.493 e. The molecule has 0 spiro atoms. The van der Waals surface area contributed by atoms with Crippen molar-refractivity contribution >= 4 is 5.91 Å². The van der Waals surface area contributed by atoms with Gasteiger partial charge in [-0.3, -0.25) is 9.69 Å². The van der Waals surface area contributed by atoms with E-state index >= 15 is 0 Å². The fourth-order valence-electron chi connectivity index (χ4n) is 4.19. The fraction of sp³-hybridized carbons (Fsp3) is 0.650. The van der Waals surface area contributed by atoms with Gasteiger partial charge in [-0.2, -0.15) is 0 Å². The topological polar surface area (TPSA) is 44.8 Å². The normalized spacial score (nSPS) is 21.2. The minimum atomic E-state index is -0.0237. The molecular formula is C20H31N3O2. The molecule has 0 aromatic heterocycles. The van der Waals surface area contributed by atoms with Crippen LogP contribution in [0.15, 0.2) is 24.3 Å². The van der Waals surface area contributed by atoms with Crippen LogP contribution in [0.3, 0.4) is 0 Å². The molecule has 1 aliphatic heterocycles. The van der Waals surface area contributed by atoms with Crippen LogP contribution in [0.4, 0.5) is 0 Å². The Morgan fingerprint density at radius 2 is 1.84 bits per heavy atom. The Morgan fingerprint density at radius 1 is 1.16 bits per heavy atom. The molecule has 3 rings (SSSR count). The molecule has 1 N–H and O–H groups in total. The molecule has 1 amide bonds. The highest BCUT2D eigenvalue weighted by Crippen LogP contribution is 2.35. The lowest BCUT2D eigenvalue weighted by atomic mass is 9.93. The Hall–Kier alpha value is -1.59. The number of hydrogen-bond donors (Lipinski definition) is 1. The molecule has 5 nitrogen and oxygen atoms in total. The van der Waals surface area contributed by atoms with Crippen molar-refractivity contribution in [2.45, 2.75) is 38.1 Å². The number of carbonyl (C=O) groups is 1. The lowest BCUT2D eigenvalue weighted by molar-refractivity contribution is 0.0414. The zero-order valence-corrected chi connectivity index (χ0v) is 15.6. The number of rotatable bonds is 6. The number of hydrogen-bond acceptors (Lipinski definition) is 4. The quantitative estimate of drug-likeness (QED) is 0.860. The summed E-state index contributed by atoms with van der Waals surface area (Å²) in [7, 11) is 2.19. The average molecular weight is 345 g/mol. The maximum atomic E-state index is 12.8. The Morgan fingerprint density at radius 3 is 2.52 bits per heavy atom. The third-order valence-corrected chi connectivity index (χ3v) is 5.72. The van der Waals surface area contributed by atoms with Crippen LogP contribution < -0.4 is 10.1 Å². The largest absolute Gasteiger partial charge is 0.493 e. The van der Waals surface area contributed by atoms with Crippen molar-refractivity contribution < 1.29 is 9.53 Å². The summed E-state index contributed by atoms with van der Waals surface area (Å²) in [5.41, 5.74) is 0.771. The predicted molar refractivity (Wildman–Crippen MR) is 100 cm³/mol. The molecule has 1 saturated heterocycles. The minimum absolute atomic E-state index is 0.0237. The molecule has 0 atom stereocenters. The molecule has 138 valence electrons. The standard InChI is InChI=1S/C20H31N3O2/c1-3-25-18-9-5-4-8-17(18)19(24)21-16-20(10-6-7-11-20)23-14-12-22(2)13-15-23/h4-5,8-9H,3,6-7,10-16H2,1-2H3,(H,21,24). The van der Waals surface area contributed by atoms with Gasteiger partial charge >= 0.3 is 0 Å². The highest BCUT2D eigenvalue weighted by atomic mass is 16.5. The second kappa shape index (κ2) is 8.19. The second-order valence-electron chi connectivity index (χ2n) is 7.33. The van der Waals surface area contributed by atoms with Crippen LogP contribution in [-0.4, -0.2) is 67.6 Å². The molecule has 2 aliphatic rings. The van der Waals surface area contributed by atoms with Crippen molar-refractivity contribution in [2.75, 3.05) is 46.4 Å². The summed E-state index contributed by atoms with van der Waals surface area (Å²) in [6, 6.07) is 7.51. The number of ether oxygens (including phenoxy) is 1. The van der Waals surface area contributed by atoms with E-state index in [0.29, 0.717) is 17.9 Å². The van der Waals surface area contributed by atoms with Crippen molar-refractivity contribution in [3.8, 4) is 5.75 Å². The van der Waals surface area contributed by atoms with E-state index in [1.165, 1.54) is 25.7 Å². The Balaban J connectivity index is 1.67. The van der Waals surface area contributed by atoms with E-state index in [-0.39, 0.29) is 11.4 Å². The van der Waals surface area contributed by atoms with Crippen molar-refractivity contribution in [1.29, 1.82) is 0 Å². The third kappa shape index (κ3) is 4.15. The Bertz CT molecular complexity index is 576. The molecule has 0 bridgehead atoms. The lowest BCUT2D eigenvalue weighted by Crippen LogP contribution is -2.59. The molecule has 1 saturated carbocycles. The number of para-hydroxylation sites is 1. The van der Waals surface area contributed by atoms with Gasteiger partial charge in [0.15, 0.2) is 0 Å². The molecule has 0 radical (unpaired) electrons. The van der Waals surface area contributed by atoms with Crippen LogP contribution in [0, 0.1) is 0 Å². The SMILES string of the molecule is CCOc1ccccc1C(=O)NCC1(N2CCN(C)CC2)CCCC1. The monoisotopic (exact) mass is 345 g/mol. The fourth-order valence-corrected chi connectivity index (χ4v) is 4.19. The van der Waals surface area contributed by atoms with E-state index in [2.05, 4.69) is 22.2 Å². The summed E-state index contributed by atoms with van der Waals surface area (Å²) in [5.74, 6) is 0.645. The zero-order valence-electron chi connectivity index (χ0n) is 15.6. The van der Waals surface area contributed by atoms with Crippen molar-refractivity contribution in [3.05, 3.63) is 29.8 Å². The molecule has 0 unspecified atom stereocenters. The summed E-state index contributed by atoms with van der Waals surface area (Å²) in [6.07, 6.45) is 4.89.